The smallest absolute Gasteiger partial charge is 0.253 e. The van der Waals surface area contributed by atoms with Crippen molar-refractivity contribution in [1.82, 2.24) is 15.5 Å². The topological polar surface area (TPSA) is 61.4 Å². The van der Waals surface area contributed by atoms with Crippen LogP contribution in [0.1, 0.15) is 27.9 Å². The molecule has 2 aromatic carbocycles. The zero-order valence-corrected chi connectivity index (χ0v) is 16.0. The van der Waals surface area contributed by atoms with Gasteiger partial charge in [0.2, 0.25) is 5.91 Å². The highest BCUT2D eigenvalue weighted by Crippen LogP contribution is 2.18. The van der Waals surface area contributed by atoms with Gasteiger partial charge in [-0.25, -0.2) is 0 Å². The molecule has 2 amide bonds. The van der Waals surface area contributed by atoms with E-state index in [1.54, 1.807) is 24.3 Å². The second-order valence-electron chi connectivity index (χ2n) is 6.66. The zero-order chi connectivity index (χ0) is 19.1. The van der Waals surface area contributed by atoms with Crippen LogP contribution in [0.25, 0.3) is 0 Å². The van der Waals surface area contributed by atoms with E-state index >= 15 is 0 Å². The highest BCUT2D eigenvalue weighted by atomic mass is 35.5. The lowest BCUT2D eigenvalue weighted by molar-refractivity contribution is -0.120. The summed E-state index contributed by atoms with van der Waals surface area (Å²) in [7, 11) is 0. The summed E-state index contributed by atoms with van der Waals surface area (Å²) in [5, 5.41) is 5.82. The molecule has 2 N–H and O–H groups in total. The normalized spacial score (nSPS) is 13.7. The molecule has 5 nitrogen and oxygen atoms in total. The molecule has 2 aromatic rings. The van der Waals surface area contributed by atoms with Crippen molar-refractivity contribution >= 4 is 23.4 Å². The van der Waals surface area contributed by atoms with Gasteiger partial charge in [0, 0.05) is 26.2 Å². The van der Waals surface area contributed by atoms with Gasteiger partial charge in [0.1, 0.15) is 0 Å². The van der Waals surface area contributed by atoms with Crippen LogP contribution in [-0.2, 0) is 17.8 Å². The molecule has 0 unspecified atom stereocenters. The number of amides is 2. The van der Waals surface area contributed by atoms with E-state index in [0.717, 1.165) is 32.5 Å². The number of carbonyl (C=O) groups is 2. The molecule has 142 valence electrons. The average molecular weight is 386 g/mol. The SMILES string of the molecule is O=C(CNC(=O)c1ccccc1Cl)NCCCN1CCc2ccccc2C1. The first-order valence-electron chi connectivity index (χ1n) is 9.22. The van der Waals surface area contributed by atoms with Crippen molar-refractivity contribution < 1.29 is 9.59 Å². The number of carbonyl (C=O) groups excluding carboxylic acids is 2. The van der Waals surface area contributed by atoms with Crippen LogP contribution in [0, 0.1) is 0 Å². The molecule has 0 spiro atoms. The Morgan fingerprint density at radius 1 is 1.00 bits per heavy atom. The Morgan fingerprint density at radius 3 is 2.56 bits per heavy atom. The Morgan fingerprint density at radius 2 is 1.74 bits per heavy atom. The predicted octanol–water partition coefficient (Wildman–Crippen LogP) is 2.63. The number of benzene rings is 2. The number of rotatable bonds is 7. The van der Waals surface area contributed by atoms with Gasteiger partial charge >= 0.3 is 0 Å². The average Bonchev–Trinajstić information content (AvgIpc) is 2.69. The number of nitrogens with zero attached hydrogens (tertiary/aromatic N) is 1. The minimum atomic E-state index is -0.345. The van der Waals surface area contributed by atoms with Gasteiger partial charge in [-0.2, -0.15) is 0 Å². The molecule has 0 fully saturated rings. The van der Waals surface area contributed by atoms with Crippen molar-refractivity contribution in [1.29, 1.82) is 0 Å². The van der Waals surface area contributed by atoms with Gasteiger partial charge in [-0.3, -0.25) is 14.5 Å². The Bertz CT molecular complexity index is 810. The molecule has 0 bridgehead atoms. The molecule has 3 rings (SSSR count). The number of hydrogen-bond donors (Lipinski definition) is 2. The number of hydrogen-bond acceptors (Lipinski definition) is 3. The molecule has 1 aliphatic rings. The molecule has 0 aliphatic carbocycles. The maximum absolute atomic E-state index is 12.0. The molecule has 6 heteroatoms. The number of nitrogens with one attached hydrogen (secondary N) is 2. The van der Waals surface area contributed by atoms with Gasteiger partial charge in [-0.1, -0.05) is 48.0 Å². The Kier molecular flexibility index (Phi) is 6.85. The van der Waals surface area contributed by atoms with Gasteiger partial charge in [0.05, 0.1) is 17.1 Å². The highest BCUT2D eigenvalue weighted by Gasteiger charge is 2.15. The van der Waals surface area contributed by atoms with Crippen molar-refractivity contribution in [2.75, 3.05) is 26.2 Å². The molecule has 1 aliphatic heterocycles. The van der Waals surface area contributed by atoms with Crippen molar-refractivity contribution in [3.05, 3.63) is 70.2 Å². The minimum absolute atomic E-state index is 0.0544. The maximum atomic E-state index is 12.0. The van der Waals surface area contributed by atoms with Crippen molar-refractivity contribution in [3.63, 3.8) is 0 Å². The zero-order valence-electron chi connectivity index (χ0n) is 15.2. The molecule has 0 radical (unpaired) electrons. The van der Waals surface area contributed by atoms with E-state index in [9.17, 15) is 9.59 Å². The van der Waals surface area contributed by atoms with Crippen LogP contribution < -0.4 is 10.6 Å². The van der Waals surface area contributed by atoms with Crippen molar-refractivity contribution in [2.45, 2.75) is 19.4 Å². The van der Waals surface area contributed by atoms with Crippen LogP contribution >= 0.6 is 11.6 Å². The van der Waals surface area contributed by atoms with Crippen LogP contribution in [0.3, 0.4) is 0 Å². The molecule has 0 saturated carbocycles. The summed E-state index contributed by atoms with van der Waals surface area (Å²) in [6, 6.07) is 15.3. The summed E-state index contributed by atoms with van der Waals surface area (Å²) < 4.78 is 0. The van der Waals surface area contributed by atoms with Crippen LogP contribution in [-0.4, -0.2) is 42.9 Å². The summed E-state index contributed by atoms with van der Waals surface area (Å²) >= 11 is 5.98. The minimum Gasteiger partial charge on any atom is -0.355 e. The van der Waals surface area contributed by atoms with Gasteiger partial charge in [0.25, 0.3) is 5.91 Å². The Labute approximate surface area is 164 Å². The fourth-order valence-electron chi connectivity index (χ4n) is 3.24. The van der Waals surface area contributed by atoms with Crippen LogP contribution in [0.4, 0.5) is 0 Å². The summed E-state index contributed by atoms with van der Waals surface area (Å²) in [6.07, 6.45) is 1.96. The Balaban J connectivity index is 1.32. The lowest BCUT2D eigenvalue weighted by Crippen LogP contribution is -2.38. The lowest BCUT2D eigenvalue weighted by Gasteiger charge is -2.28. The Hall–Kier alpha value is -2.37. The largest absolute Gasteiger partial charge is 0.355 e. The molecular formula is C21H24ClN3O2. The fourth-order valence-corrected chi connectivity index (χ4v) is 3.46. The second kappa shape index (κ2) is 9.53. The van der Waals surface area contributed by atoms with E-state index in [2.05, 4.69) is 39.8 Å². The highest BCUT2D eigenvalue weighted by molar-refractivity contribution is 6.33. The van der Waals surface area contributed by atoms with E-state index in [0.29, 0.717) is 17.1 Å². The standard InChI is InChI=1S/C21H24ClN3O2/c22-19-9-4-3-8-18(19)21(27)24-14-20(26)23-11-5-12-25-13-10-16-6-1-2-7-17(16)15-25/h1-4,6-9H,5,10-15H2,(H,23,26)(H,24,27). The molecule has 0 aromatic heterocycles. The summed E-state index contributed by atoms with van der Waals surface area (Å²) in [5.41, 5.74) is 3.21. The van der Waals surface area contributed by atoms with Crippen LogP contribution in [0.15, 0.2) is 48.5 Å². The third kappa shape index (κ3) is 5.55. The molecule has 0 atom stereocenters. The van der Waals surface area contributed by atoms with Gasteiger partial charge < -0.3 is 10.6 Å². The second-order valence-corrected chi connectivity index (χ2v) is 7.07. The molecule has 27 heavy (non-hydrogen) atoms. The first-order valence-corrected chi connectivity index (χ1v) is 9.60. The van der Waals surface area contributed by atoms with E-state index in [1.165, 1.54) is 11.1 Å². The van der Waals surface area contributed by atoms with Crippen LogP contribution in [0.2, 0.25) is 5.02 Å². The third-order valence-electron chi connectivity index (χ3n) is 4.71. The maximum Gasteiger partial charge on any atom is 0.253 e. The van der Waals surface area contributed by atoms with Gasteiger partial charge in [-0.15, -0.1) is 0 Å². The lowest BCUT2D eigenvalue weighted by atomic mass is 10.00. The summed E-state index contributed by atoms with van der Waals surface area (Å²) in [5.74, 6) is -0.540. The van der Waals surface area contributed by atoms with E-state index in [1.807, 2.05) is 0 Å². The number of fused-ring (bicyclic) bond motifs is 1. The predicted molar refractivity (Wildman–Crippen MR) is 107 cm³/mol. The number of halogens is 1. The molecular weight excluding hydrogens is 362 g/mol. The van der Waals surface area contributed by atoms with E-state index in [-0.39, 0.29) is 18.4 Å². The van der Waals surface area contributed by atoms with Crippen LogP contribution in [0.5, 0.6) is 0 Å². The van der Waals surface area contributed by atoms with E-state index < -0.39 is 0 Å². The first-order chi connectivity index (χ1) is 13.1. The quantitative estimate of drug-likeness (QED) is 0.720. The first kappa shape index (κ1) is 19.4. The van der Waals surface area contributed by atoms with Crippen molar-refractivity contribution in [3.8, 4) is 0 Å². The monoisotopic (exact) mass is 385 g/mol. The van der Waals surface area contributed by atoms with Gasteiger partial charge in [0.15, 0.2) is 0 Å². The molecule has 1 heterocycles. The fraction of sp³-hybridized carbons (Fsp3) is 0.333. The van der Waals surface area contributed by atoms with Gasteiger partial charge in [-0.05, 0) is 36.1 Å². The molecule has 0 saturated heterocycles. The third-order valence-corrected chi connectivity index (χ3v) is 5.04. The van der Waals surface area contributed by atoms with Crippen molar-refractivity contribution in [2.24, 2.45) is 0 Å². The summed E-state index contributed by atoms with van der Waals surface area (Å²) in [6.45, 7) is 3.51. The summed E-state index contributed by atoms with van der Waals surface area (Å²) in [4.78, 5) is 26.3. The van der Waals surface area contributed by atoms with E-state index in [4.69, 9.17) is 11.6 Å².